The Balaban J connectivity index is 1.37. The summed E-state index contributed by atoms with van der Waals surface area (Å²) in [7, 11) is 0. The maximum Gasteiger partial charge on any atom is 0.253 e. The number of carbonyl (C=O) groups is 2. The summed E-state index contributed by atoms with van der Waals surface area (Å²) in [5, 5.41) is 7.60. The van der Waals surface area contributed by atoms with Crippen molar-refractivity contribution in [2.45, 2.75) is 33.1 Å². The van der Waals surface area contributed by atoms with Crippen molar-refractivity contribution in [1.82, 2.24) is 24.6 Å². The lowest BCUT2D eigenvalue weighted by Crippen LogP contribution is -2.44. The van der Waals surface area contributed by atoms with Crippen molar-refractivity contribution in [3.05, 3.63) is 42.5 Å². The Kier molecular flexibility index (Phi) is 4.91. The van der Waals surface area contributed by atoms with Crippen LogP contribution in [0.1, 0.15) is 43.5 Å². The third-order valence-electron chi connectivity index (χ3n) is 5.93. The molecule has 0 aliphatic carbocycles. The average Bonchev–Trinajstić information content (AvgIpc) is 3.31. The molecule has 2 amide bonds. The first kappa shape index (κ1) is 18.7. The highest BCUT2D eigenvalue weighted by molar-refractivity contribution is 5.94. The minimum atomic E-state index is 0.0566. The van der Waals surface area contributed by atoms with Gasteiger partial charge in [-0.1, -0.05) is 13.8 Å². The van der Waals surface area contributed by atoms with E-state index >= 15 is 0 Å². The second-order valence-electron chi connectivity index (χ2n) is 8.55. The molecular weight excluding hydrogens is 354 g/mol. The Labute approximate surface area is 165 Å². The topological polar surface area (TPSA) is 71.3 Å². The molecule has 1 aromatic heterocycles. The zero-order chi connectivity index (χ0) is 19.7. The lowest BCUT2D eigenvalue weighted by molar-refractivity contribution is -0.128. The van der Waals surface area contributed by atoms with E-state index in [1.165, 1.54) is 0 Å². The van der Waals surface area contributed by atoms with E-state index in [-0.39, 0.29) is 17.2 Å². The molecule has 2 aromatic rings. The van der Waals surface area contributed by atoms with Gasteiger partial charge in [0.15, 0.2) is 0 Å². The van der Waals surface area contributed by atoms with Crippen LogP contribution in [-0.2, 0) is 4.79 Å². The monoisotopic (exact) mass is 381 g/mol. The fourth-order valence-electron chi connectivity index (χ4n) is 4.40. The number of benzene rings is 1. The predicted octanol–water partition coefficient (Wildman–Crippen LogP) is 2.38. The van der Waals surface area contributed by atoms with Crippen molar-refractivity contribution >= 4 is 11.8 Å². The standard InChI is InChI=1S/C21H27N5O2/c1-16(2)12-25-13-21(11-19(25)27)7-9-24(10-8-21)20(28)17-3-5-18(6-4-17)26-14-22-23-15-26/h3-6,14-16H,7-13H2,1-2H3. The van der Waals surface area contributed by atoms with Gasteiger partial charge in [0.05, 0.1) is 0 Å². The predicted molar refractivity (Wildman–Crippen MR) is 105 cm³/mol. The molecule has 0 atom stereocenters. The van der Waals surface area contributed by atoms with E-state index < -0.39 is 0 Å². The Bertz CT molecular complexity index is 836. The molecule has 0 unspecified atom stereocenters. The zero-order valence-corrected chi connectivity index (χ0v) is 16.5. The number of nitrogens with zero attached hydrogens (tertiary/aromatic N) is 5. The smallest absolute Gasteiger partial charge is 0.253 e. The zero-order valence-electron chi connectivity index (χ0n) is 16.5. The Morgan fingerprint density at radius 1 is 1.11 bits per heavy atom. The van der Waals surface area contributed by atoms with Crippen LogP contribution in [0.4, 0.5) is 0 Å². The molecule has 0 saturated carbocycles. The van der Waals surface area contributed by atoms with Crippen molar-refractivity contribution < 1.29 is 9.59 Å². The Morgan fingerprint density at radius 3 is 2.36 bits per heavy atom. The number of hydrogen-bond donors (Lipinski definition) is 0. The summed E-state index contributed by atoms with van der Waals surface area (Å²) in [5.41, 5.74) is 1.67. The average molecular weight is 381 g/mol. The third-order valence-corrected chi connectivity index (χ3v) is 5.93. The molecule has 3 heterocycles. The van der Waals surface area contributed by atoms with Crippen LogP contribution in [0, 0.1) is 11.3 Å². The van der Waals surface area contributed by atoms with Crippen LogP contribution in [-0.4, -0.2) is 62.6 Å². The Morgan fingerprint density at radius 2 is 1.75 bits per heavy atom. The molecule has 0 radical (unpaired) electrons. The van der Waals surface area contributed by atoms with Crippen LogP contribution >= 0.6 is 0 Å². The van der Waals surface area contributed by atoms with Crippen LogP contribution < -0.4 is 0 Å². The molecule has 7 nitrogen and oxygen atoms in total. The van der Waals surface area contributed by atoms with Gasteiger partial charge in [0.25, 0.3) is 5.91 Å². The largest absolute Gasteiger partial charge is 0.342 e. The normalized spacial score (nSPS) is 19.0. The van der Waals surface area contributed by atoms with Crippen molar-refractivity contribution in [3.63, 3.8) is 0 Å². The highest BCUT2D eigenvalue weighted by Crippen LogP contribution is 2.41. The minimum Gasteiger partial charge on any atom is -0.342 e. The minimum absolute atomic E-state index is 0.0566. The van der Waals surface area contributed by atoms with Crippen molar-refractivity contribution in [2.24, 2.45) is 11.3 Å². The molecule has 2 fully saturated rings. The van der Waals surface area contributed by atoms with Crippen LogP contribution in [0.25, 0.3) is 5.69 Å². The molecule has 148 valence electrons. The van der Waals surface area contributed by atoms with Crippen LogP contribution in [0.2, 0.25) is 0 Å². The van der Waals surface area contributed by atoms with Gasteiger partial charge in [-0.15, -0.1) is 10.2 Å². The summed E-state index contributed by atoms with van der Waals surface area (Å²) in [5.74, 6) is 0.827. The number of aromatic nitrogens is 3. The lowest BCUT2D eigenvalue weighted by Gasteiger charge is -2.39. The van der Waals surface area contributed by atoms with E-state index in [1.807, 2.05) is 34.1 Å². The van der Waals surface area contributed by atoms with Gasteiger partial charge in [0.2, 0.25) is 5.91 Å². The van der Waals surface area contributed by atoms with Crippen LogP contribution in [0.15, 0.2) is 36.9 Å². The fraction of sp³-hybridized carbons (Fsp3) is 0.524. The highest BCUT2D eigenvalue weighted by Gasteiger charge is 2.45. The number of hydrogen-bond acceptors (Lipinski definition) is 4. The molecule has 2 aliphatic rings. The number of piperidine rings is 1. The number of amides is 2. The quantitative estimate of drug-likeness (QED) is 0.815. The molecule has 2 aliphatic heterocycles. The van der Waals surface area contributed by atoms with Crippen LogP contribution in [0.3, 0.4) is 0 Å². The van der Waals surface area contributed by atoms with Gasteiger partial charge in [-0.05, 0) is 43.0 Å². The SMILES string of the molecule is CC(C)CN1CC2(CCN(C(=O)c3ccc(-n4cnnc4)cc3)CC2)CC1=O. The van der Waals surface area contributed by atoms with E-state index in [0.717, 1.165) is 44.7 Å². The van der Waals surface area contributed by atoms with Crippen molar-refractivity contribution in [3.8, 4) is 5.69 Å². The van der Waals surface area contributed by atoms with Gasteiger partial charge in [0, 0.05) is 49.3 Å². The number of rotatable bonds is 4. The van der Waals surface area contributed by atoms with Crippen molar-refractivity contribution in [2.75, 3.05) is 26.2 Å². The van der Waals surface area contributed by atoms with Gasteiger partial charge in [-0.25, -0.2) is 0 Å². The van der Waals surface area contributed by atoms with Gasteiger partial charge >= 0.3 is 0 Å². The van der Waals surface area contributed by atoms with Gasteiger partial charge in [0.1, 0.15) is 12.7 Å². The molecule has 0 bridgehead atoms. The van der Waals surface area contributed by atoms with Crippen molar-refractivity contribution in [1.29, 1.82) is 0 Å². The number of likely N-dealkylation sites (tertiary alicyclic amines) is 2. The first-order valence-corrected chi connectivity index (χ1v) is 9.98. The summed E-state index contributed by atoms with van der Waals surface area (Å²) in [6.45, 7) is 7.41. The fourth-order valence-corrected chi connectivity index (χ4v) is 4.40. The molecule has 0 N–H and O–H groups in total. The molecule has 1 spiro atoms. The molecular formula is C21H27N5O2. The molecule has 1 aromatic carbocycles. The van der Waals surface area contributed by atoms with E-state index in [2.05, 4.69) is 24.0 Å². The second kappa shape index (κ2) is 7.37. The molecule has 2 saturated heterocycles. The van der Waals surface area contributed by atoms with E-state index in [1.54, 1.807) is 17.2 Å². The summed E-state index contributed by atoms with van der Waals surface area (Å²) in [6, 6.07) is 7.51. The molecule has 4 rings (SSSR count). The summed E-state index contributed by atoms with van der Waals surface area (Å²) < 4.78 is 1.80. The van der Waals surface area contributed by atoms with E-state index in [0.29, 0.717) is 17.9 Å². The lowest BCUT2D eigenvalue weighted by atomic mass is 9.77. The van der Waals surface area contributed by atoms with Gasteiger partial charge in [-0.2, -0.15) is 0 Å². The number of carbonyl (C=O) groups excluding carboxylic acids is 2. The van der Waals surface area contributed by atoms with Gasteiger partial charge < -0.3 is 9.80 Å². The highest BCUT2D eigenvalue weighted by atomic mass is 16.2. The van der Waals surface area contributed by atoms with Gasteiger partial charge in [-0.3, -0.25) is 14.2 Å². The summed E-state index contributed by atoms with van der Waals surface area (Å²) >= 11 is 0. The maximum absolute atomic E-state index is 12.9. The molecule has 28 heavy (non-hydrogen) atoms. The van der Waals surface area contributed by atoms with E-state index in [9.17, 15) is 9.59 Å². The van der Waals surface area contributed by atoms with Crippen LogP contribution in [0.5, 0.6) is 0 Å². The first-order valence-electron chi connectivity index (χ1n) is 9.98. The maximum atomic E-state index is 12.9. The Hall–Kier alpha value is -2.70. The summed E-state index contributed by atoms with van der Waals surface area (Å²) in [4.78, 5) is 29.2. The summed E-state index contributed by atoms with van der Waals surface area (Å²) in [6.07, 6.45) is 5.70. The second-order valence-corrected chi connectivity index (χ2v) is 8.55. The molecule has 7 heteroatoms. The first-order chi connectivity index (χ1) is 13.5. The van der Waals surface area contributed by atoms with E-state index in [4.69, 9.17) is 0 Å². The third kappa shape index (κ3) is 3.66.